The predicted octanol–water partition coefficient (Wildman–Crippen LogP) is 1.53. The summed E-state index contributed by atoms with van der Waals surface area (Å²) in [6.07, 6.45) is 3.52. The maximum atomic E-state index is 11.4. The molecular weight excluding hydrogens is 429 g/mol. The second-order valence-corrected chi connectivity index (χ2v) is 7.94. The Hall–Kier alpha value is -2.82. The molecule has 0 bridgehead atoms. The number of aromatic nitrogens is 1. The van der Waals surface area contributed by atoms with E-state index in [-0.39, 0.29) is 35.1 Å². The number of thioether (sulfide) groups is 1. The van der Waals surface area contributed by atoms with Gasteiger partial charge in [-0.2, -0.15) is 5.26 Å². The molecule has 0 fully saturated rings. The third-order valence-electron chi connectivity index (χ3n) is 5.13. The average molecular weight is 447 g/mol. The molecule has 152 valence electrons. The Morgan fingerprint density at radius 2 is 1.75 bits per heavy atom. The van der Waals surface area contributed by atoms with Gasteiger partial charge in [-0.3, -0.25) is 4.98 Å². The SMILES string of the molecule is CN(c1cnccc1SCc1ccccc1C(=O)[O-])c1ccc(C#N)c2ccccc12.[Na+]. The molecule has 0 spiro atoms. The van der Waals surface area contributed by atoms with Gasteiger partial charge >= 0.3 is 29.6 Å². The summed E-state index contributed by atoms with van der Waals surface area (Å²) >= 11 is 1.54. The number of fused-ring (bicyclic) bond motifs is 1. The summed E-state index contributed by atoms with van der Waals surface area (Å²) in [5.41, 5.74) is 3.40. The van der Waals surface area contributed by atoms with E-state index in [4.69, 9.17) is 0 Å². The third kappa shape index (κ3) is 4.82. The predicted molar refractivity (Wildman–Crippen MR) is 121 cm³/mol. The number of carbonyl (C=O) groups is 1. The molecule has 7 heteroatoms. The van der Waals surface area contributed by atoms with Crippen LogP contribution in [0.4, 0.5) is 11.4 Å². The van der Waals surface area contributed by atoms with Crippen LogP contribution in [0.2, 0.25) is 0 Å². The normalized spacial score (nSPS) is 10.2. The summed E-state index contributed by atoms with van der Waals surface area (Å²) in [5.74, 6) is -0.685. The molecule has 0 amide bonds. The summed E-state index contributed by atoms with van der Waals surface area (Å²) < 4.78 is 0. The van der Waals surface area contributed by atoms with Crippen molar-refractivity contribution in [2.75, 3.05) is 11.9 Å². The first kappa shape index (κ1) is 23.8. The van der Waals surface area contributed by atoms with Crippen LogP contribution in [0.25, 0.3) is 10.8 Å². The van der Waals surface area contributed by atoms with Crippen molar-refractivity contribution in [3.8, 4) is 6.07 Å². The zero-order valence-electron chi connectivity index (χ0n) is 17.8. The van der Waals surface area contributed by atoms with Crippen LogP contribution >= 0.6 is 11.8 Å². The van der Waals surface area contributed by atoms with Gasteiger partial charge in [0.1, 0.15) is 0 Å². The van der Waals surface area contributed by atoms with Gasteiger partial charge in [-0.1, -0.05) is 48.5 Å². The molecule has 0 saturated carbocycles. The van der Waals surface area contributed by atoms with E-state index in [0.29, 0.717) is 16.9 Å². The standard InChI is InChI=1S/C25H19N3O2S.Na/c1-28(22-11-10-17(14-26)19-7-4-5-9-21(19)22)23-15-27-13-12-24(23)31-16-18-6-2-3-8-20(18)25(29)30;/h2-13,15H,16H2,1H3,(H,29,30);/q;+1/p-1. The Morgan fingerprint density at radius 3 is 2.50 bits per heavy atom. The maximum Gasteiger partial charge on any atom is 1.00 e. The number of nitriles is 1. The summed E-state index contributed by atoms with van der Waals surface area (Å²) in [6, 6.07) is 22.6. The minimum absolute atomic E-state index is 0. The van der Waals surface area contributed by atoms with Crippen molar-refractivity contribution in [1.82, 2.24) is 4.98 Å². The number of pyridine rings is 1. The van der Waals surface area contributed by atoms with Crippen LogP contribution in [0.3, 0.4) is 0 Å². The molecule has 0 aliphatic rings. The van der Waals surface area contributed by atoms with Crippen LogP contribution in [0.5, 0.6) is 0 Å². The van der Waals surface area contributed by atoms with Crippen molar-refractivity contribution < 1.29 is 39.5 Å². The monoisotopic (exact) mass is 447 g/mol. The van der Waals surface area contributed by atoms with E-state index in [1.807, 2.05) is 60.5 Å². The molecule has 4 rings (SSSR count). The summed E-state index contributed by atoms with van der Waals surface area (Å²) in [4.78, 5) is 18.7. The van der Waals surface area contributed by atoms with Crippen molar-refractivity contribution in [2.45, 2.75) is 10.6 Å². The van der Waals surface area contributed by atoms with E-state index >= 15 is 0 Å². The largest absolute Gasteiger partial charge is 1.00 e. The Kier molecular flexibility index (Phi) is 7.94. The molecular formula is C25H18N3NaO2S. The molecule has 0 radical (unpaired) electrons. The molecule has 4 aromatic rings. The van der Waals surface area contributed by atoms with Gasteiger partial charge in [0.2, 0.25) is 0 Å². The molecule has 0 atom stereocenters. The fourth-order valence-electron chi connectivity index (χ4n) is 3.55. The Morgan fingerprint density at radius 1 is 1.03 bits per heavy atom. The fourth-order valence-corrected chi connectivity index (χ4v) is 4.61. The number of anilines is 2. The first-order valence-electron chi connectivity index (χ1n) is 9.62. The zero-order chi connectivity index (χ0) is 21.8. The van der Waals surface area contributed by atoms with Gasteiger partial charge in [0.05, 0.1) is 29.5 Å². The van der Waals surface area contributed by atoms with Crippen LogP contribution in [0.15, 0.2) is 84.0 Å². The number of hydrogen-bond donors (Lipinski definition) is 0. The third-order valence-corrected chi connectivity index (χ3v) is 6.24. The number of carbonyl (C=O) groups excluding carboxylic acids is 1. The molecule has 1 aromatic heterocycles. The molecule has 0 unspecified atom stereocenters. The van der Waals surface area contributed by atoms with Gasteiger partial charge in [-0.05, 0) is 23.8 Å². The minimum atomic E-state index is -1.17. The number of carboxylic acid groups (broad SMARTS) is 1. The number of carboxylic acids is 1. The molecule has 0 aliphatic heterocycles. The second kappa shape index (κ2) is 10.7. The zero-order valence-corrected chi connectivity index (χ0v) is 20.6. The molecule has 1 heterocycles. The molecule has 0 N–H and O–H groups in total. The summed E-state index contributed by atoms with van der Waals surface area (Å²) in [5, 5.41) is 22.7. The van der Waals surface area contributed by atoms with Crippen molar-refractivity contribution in [1.29, 1.82) is 5.26 Å². The van der Waals surface area contributed by atoms with E-state index in [1.165, 1.54) is 0 Å². The summed E-state index contributed by atoms with van der Waals surface area (Å²) in [6.45, 7) is 0. The van der Waals surface area contributed by atoms with E-state index in [2.05, 4.69) is 11.1 Å². The van der Waals surface area contributed by atoms with E-state index in [9.17, 15) is 15.2 Å². The minimum Gasteiger partial charge on any atom is -0.545 e. The molecule has 0 aliphatic carbocycles. The maximum absolute atomic E-state index is 11.4. The second-order valence-electron chi connectivity index (χ2n) is 6.93. The number of hydrogen-bond acceptors (Lipinski definition) is 6. The van der Waals surface area contributed by atoms with Gasteiger partial charge in [0, 0.05) is 45.9 Å². The van der Waals surface area contributed by atoms with E-state index in [0.717, 1.165) is 27.0 Å². The topological polar surface area (TPSA) is 80.1 Å². The van der Waals surface area contributed by atoms with Gasteiger partial charge < -0.3 is 14.8 Å². The number of aromatic carboxylic acids is 1. The van der Waals surface area contributed by atoms with Gasteiger partial charge in [-0.25, -0.2) is 0 Å². The van der Waals surface area contributed by atoms with Gasteiger partial charge in [0.25, 0.3) is 0 Å². The van der Waals surface area contributed by atoms with Crippen LogP contribution < -0.4 is 39.6 Å². The fraction of sp³-hybridized carbons (Fsp3) is 0.0800. The molecule has 32 heavy (non-hydrogen) atoms. The smallest absolute Gasteiger partial charge is 0.545 e. The van der Waals surface area contributed by atoms with Crippen molar-refractivity contribution in [3.05, 3.63) is 95.8 Å². The average Bonchev–Trinajstić information content (AvgIpc) is 2.82. The summed E-state index contributed by atoms with van der Waals surface area (Å²) in [7, 11) is 1.96. The van der Waals surface area contributed by atoms with Crippen molar-refractivity contribution in [3.63, 3.8) is 0 Å². The number of rotatable bonds is 6. The Bertz CT molecular complexity index is 1320. The van der Waals surface area contributed by atoms with Crippen molar-refractivity contribution >= 4 is 39.9 Å². The van der Waals surface area contributed by atoms with Gasteiger partial charge in [0.15, 0.2) is 0 Å². The van der Waals surface area contributed by atoms with Crippen LogP contribution in [-0.4, -0.2) is 18.0 Å². The number of nitrogens with zero attached hydrogens (tertiary/aromatic N) is 3. The first-order chi connectivity index (χ1) is 15.1. The molecule has 5 nitrogen and oxygen atoms in total. The van der Waals surface area contributed by atoms with E-state index < -0.39 is 5.97 Å². The number of benzene rings is 3. The van der Waals surface area contributed by atoms with Crippen LogP contribution in [0, 0.1) is 11.3 Å². The first-order valence-corrected chi connectivity index (χ1v) is 10.6. The quantitative estimate of drug-likeness (QED) is 0.330. The van der Waals surface area contributed by atoms with Crippen LogP contribution in [-0.2, 0) is 5.75 Å². The van der Waals surface area contributed by atoms with E-state index in [1.54, 1.807) is 42.4 Å². The van der Waals surface area contributed by atoms with Crippen molar-refractivity contribution in [2.24, 2.45) is 0 Å². The Labute approximate surface area is 213 Å². The molecule has 0 saturated heterocycles. The Balaban J connectivity index is 0.00000289. The van der Waals surface area contributed by atoms with Crippen LogP contribution in [0.1, 0.15) is 21.5 Å². The molecule has 3 aromatic carbocycles. The van der Waals surface area contributed by atoms with Gasteiger partial charge in [-0.15, -0.1) is 11.8 Å².